The second-order valence-electron chi connectivity index (χ2n) is 3.13. The van der Waals surface area contributed by atoms with Gasteiger partial charge in [-0.2, -0.15) is 0 Å². The van der Waals surface area contributed by atoms with Gasteiger partial charge in [0.15, 0.2) is 0 Å². The van der Waals surface area contributed by atoms with Gasteiger partial charge in [0.25, 0.3) is 0 Å². The molecule has 0 aliphatic heterocycles. The lowest BCUT2D eigenvalue weighted by molar-refractivity contribution is -0.120. The third kappa shape index (κ3) is 5.16. The average Bonchev–Trinajstić information content (AvgIpc) is 2.63. The second kappa shape index (κ2) is 6.82. The molecule has 1 rings (SSSR count). The van der Waals surface area contributed by atoms with Gasteiger partial charge in [0.05, 0.1) is 4.34 Å². The SMILES string of the molecule is CNC(=O)CCNCCc1ccc(Cl)s1. The van der Waals surface area contributed by atoms with Crippen LogP contribution in [0, 0.1) is 0 Å². The molecule has 0 spiro atoms. The van der Waals surface area contributed by atoms with E-state index >= 15 is 0 Å². The number of thiophene rings is 1. The first kappa shape index (κ1) is 12.5. The van der Waals surface area contributed by atoms with Crippen LogP contribution in [0.3, 0.4) is 0 Å². The molecule has 0 aliphatic rings. The lowest BCUT2D eigenvalue weighted by Gasteiger charge is -2.02. The average molecular weight is 247 g/mol. The van der Waals surface area contributed by atoms with Gasteiger partial charge in [-0.15, -0.1) is 11.3 Å². The molecule has 0 aliphatic carbocycles. The summed E-state index contributed by atoms with van der Waals surface area (Å²) in [5.41, 5.74) is 0. The predicted molar refractivity (Wildman–Crippen MR) is 64.6 cm³/mol. The van der Waals surface area contributed by atoms with Crippen molar-refractivity contribution in [2.45, 2.75) is 12.8 Å². The van der Waals surface area contributed by atoms with E-state index in [0.717, 1.165) is 23.8 Å². The van der Waals surface area contributed by atoms with Crippen LogP contribution in [0.4, 0.5) is 0 Å². The summed E-state index contributed by atoms with van der Waals surface area (Å²) in [6, 6.07) is 3.94. The van der Waals surface area contributed by atoms with Crippen molar-refractivity contribution < 1.29 is 4.79 Å². The Balaban J connectivity index is 2.05. The Hall–Kier alpha value is -0.580. The molecule has 0 radical (unpaired) electrons. The van der Waals surface area contributed by atoms with E-state index in [1.807, 2.05) is 12.1 Å². The van der Waals surface area contributed by atoms with Crippen molar-refractivity contribution in [2.75, 3.05) is 20.1 Å². The minimum absolute atomic E-state index is 0.0710. The number of hydrogen-bond acceptors (Lipinski definition) is 3. The van der Waals surface area contributed by atoms with Crippen LogP contribution in [0.2, 0.25) is 4.34 Å². The normalized spacial score (nSPS) is 10.3. The van der Waals surface area contributed by atoms with Crippen molar-refractivity contribution in [3.8, 4) is 0 Å². The van der Waals surface area contributed by atoms with Crippen molar-refractivity contribution in [1.29, 1.82) is 0 Å². The third-order valence-electron chi connectivity index (χ3n) is 1.98. The zero-order chi connectivity index (χ0) is 11.1. The number of amides is 1. The van der Waals surface area contributed by atoms with Crippen molar-refractivity contribution in [3.63, 3.8) is 0 Å². The minimum Gasteiger partial charge on any atom is -0.359 e. The van der Waals surface area contributed by atoms with E-state index in [2.05, 4.69) is 10.6 Å². The molecule has 0 fully saturated rings. The topological polar surface area (TPSA) is 41.1 Å². The van der Waals surface area contributed by atoms with E-state index in [9.17, 15) is 4.79 Å². The Bertz CT molecular complexity index is 314. The fraction of sp³-hybridized carbons (Fsp3) is 0.500. The molecule has 0 aromatic carbocycles. The van der Waals surface area contributed by atoms with Crippen molar-refractivity contribution in [1.82, 2.24) is 10.6 Å². The molecular weight excluding hydrogens is 232 g/mol. The van der Waals surface area contributed by atoms with Gasteiger partial charge in [-0.05, 0) is 25.1 Å². The molecule has 0 saturated heterocycles. The number of carbonyl (C=O) groups is 1. The van der Waals surface area contributed by atoms with Crippen LogP contribution in [0.5, 0.6) is 0 Å². The second-order valence-corrected chi connectivity index (χ2v) is 4.93. The van der Waals surface area contributed by atoms with Gasteiger partial charge in [-0.25, -0.2) is 0 Å². The van der Waals surface area contributed by atoms with Gasteiger partial charge in [0.1, 0.15) is 0 Å². The molecule has 5 heteroatoms. The summed E-state index contributed by atoms with van der Waals surface area (Å²) in [5, 5.41) is 5.79. The molecule has 1 heterocycles. The molecule has 0 unspecified atom stereocenters. The minimum atomic E-state index is 0.0710. The fourth-order valence-corrected chi connectivity index (χ4v) is 2.24. The maximum Gasteiger partial charge on any atom is 0.221 e. The van der Waals surface area contributed by atoms with Crippen LogP contribution in [0.1, 0.15) is 11.3 Å². The van der Waals surface area contributed by atoms with Crippen LogP contribution in [-0.4, -0.2) is 26.0 Å². The Morgan fingerprint density at radius 2 is 2.27 bits per heavy atom. The van der Waals surface area contributed by atoms with E-state index in [0.29, 0.717) is 6.42 Å². The van der Waals surface area contributed by atoms with Crippen LogP contribution < -0.4 is 10.6 Å². The van der Waals surface area contributed by atoms with Crippen LogP contribution in [0.15, 0.2) is 12.1 Å². The van der Waals surface area contributed by atoms with Crippen LogP contribution in [-0.2, 0) is 11.2 Å². The zero-order valence-electron chi connectivity index (χ0n) is 8.68. The maximum absolute atomic E-state index is 10.9. The monoisotopic (exact) mass is 246 g/mol. The third-order valence-corrected chi connectivity index (χ3v) is 3.28. The molecule has 3 nitrogen and oxygen atoms in total. The van der Waals surface area contributed by atoms with Crippen molar-refractivity contribution in [3.05, 3.63) is 21.3 Å². The smallest absolute Gasteiger partial charge is 0.221 e. The Morgan fingerprint density at radius 1 is 1.47 bits per heavy atom. The van der Waals surface area contributed by atoms with Crippen LogP contribution >= 0.6 is 22.9 Å². The number of halogens is 1. The number of carbonyl (C=O) groups excluding carboxylic acids is 1. The molecule has 1 aromatic rings. The number of rotatable bonds is 6. The van der Waals surface area contributed by atoms with Gasteiger partial charge >= 0.3 is 0 Å². The summed E-state index contributed by atoms with van der Waals surface area (Å²) < 4.78 is 0.829. The molecule has 0 saturated carbocycles. The first-order valence-corrected chi connectivity index (χ1v) is 6.07. The van der Waals surface area contributed by atoms with Crippen molar-refractivity contribution in [2.24, 2.45) is 0 Å². The van der Waals surface area contributed by atoms with E-state index in [4.69, 9.17) is 11.6 Å². The van der Waals surface area contributed by atoms with Gasteiger partial charge in [-0.1, -0.05) is 11.6 Å². The molecule has 1 aromatic heterocycles. The molecule has 0 bridgehead atoms. The zero-order valence-corrected chi connectivity index (χ0v) is 10.3. The summed E-state index contributed by atoms with van der Waals surface area (Å²) in [6.07, 6.45) is 1.49. The quantitative estimate of drug-likeness (QED) is 0.750. The summed E-state index contributed by atoms with van der Waals surface area (Å²) in [6.45, 7) is 1.60. The van der Waals surface area contributed by atoms with E-state index in [-0.39, 0.29) is 5.91 Å². The first-order valence-electron chi connectivity index (χ1n) is 4.88. The number of hydrogen-bond donors (Lipinski definition) is 2. The largest absolute Gasteiger partial charge is 0.359 e. The van der Waals surface area contributed by atoms with Gasteiger partial charge < -0.3 is 10.6 Å². The Morgan fingerprint density at radius 3 is 2.87 bits per heavy atom. The Labute approximate surface area is 98.8 Å². The predicted octanol–water partition coefficient (Wildman–Crippen LogP) is 1.67. The van der Waals surface area contributed by atoms with E-state index in [1.165, 1.54) is 4.88 Å². The van der Waals surface area contributed by atoms with Gasteiger partial charge in [0.2, 0.25) is 5.91 Å². The summed E-state index contributed by atoms with van der Waals surface area (Å²) in [4.78, 5) is 12.2. The van der Waals surface area contributed by atoms with Gasteiger partial charge in [-0.3, -0.25) is 4.79 Å². The highest BCUT2D eigenvalue weighted by Crippen LogP contribution is 2.21. The van der Waals surface area contributed by atoms with E-state index in [1.54, 1.807) is 18.4 Å². The fourth-order valence-electron chi connectivity index (χ4n) is 1.15. The number of nitrogens with one attached hydrogen (secondary N) is 2. The molecule has 84 valence electrons. The summed E-state index contributed by atoms with van der Waals surface area (Å²) in [7, 11) is 1.65. The lowest BCUT2D eigenvalue weighted by atomic mass is 10.3. The summed E-state index contributed by atoms with van der Waals surface area (Å²) >= 11 is 7.41. The van der Waals surface area contributed by atoms with Crippen molar-refractivity contribution >= 4 is 28.8 Å². The first-order chi connectivity index (χ1) is 7.22. The molecule has 15 heavy (non-hydrogen) atoms. The lowest BCUT2D eigenvalue weighted by Crippen LogP contribution is -2.25. The molecule has 1 amide bonds. The molecule has 0 atom stereocenters. The van der Waals surface area contributed by atoms with Gasteiger partial charge in [0, 0.05) is 24.9 Å². The highest BCUT2D eigenvalue weighted by Gasteiger charge is 1.99. The van der Waals surface area contributed by atoms with Crippen LogP contribution in [0.25, 0.3) is 0 Å². The molecular formula is C10H15ClN2OS. The highest BCUT2D eigenvalue weighted by molar-refractivity contribution is 7.16. The summed E-state index contributed by atoms with van der Waals surface area (Å²) in [5.74, 6) is 0.0710. The van der Waals surface area contributed by atoms with E-state index < -0.39 is 0 Å². The maximum atomic E-state index is 10.9. The standard InChI is InChI=1S/C10H15ClN2OS/c1-12-10(14)5-7-13-6-4-8-2-3-9(11)15-8/h2-3,13H,4-7H2,1H3,(H,12,14). The Kier molecular flexibility index (Phi) is 5.68. The molecule has 2 N–H and O–H groups in total. The highest BCUT2D eigenvalue weighted by atomic mass is 35.5.